The van der Waals surface area contributed by atoms with Gasteiger partial charge in [-0.2, -0.15) is 8.42 Å². The second-order valence-electron chi connectivity index (χ2n) is 8.09. The van der Waals surface area contributed by atoms with Crippen LogP contribution in [0.4, 0.5) is 11.5 Å². The fraction of sp³-hybridized carbons (Fsp3) is 0.333. The molecule has 186 valence electrons. The second-order valence-corrected chi connectivity index (χ2v) is 11.2. The monoisotopic (exact) mass is 603 g/mol. The molecule has 0 spiro atoms. The molecule has 1 saturated carbocycles. The predicted molar refractivity (Wildman–Crippen MR) is 136 cm³/mol. The first-order valence-electron chi connectivity index (χ1n) is 10.5. The van der Waals surface area contributed by atoms with Gasteiger partial charge in [0.15, 0.2) is 5.82 Å². The highest BCUT2D eigenvalue weighted by Crippen LogP contribution is 2.34. The minimum atomic E-state index is -3.89. The van der Waals surface area contributed by atoms with Crippen molar-refractivity contribution in [3.63, 3.8) is 0 Å². The lowest BCUT2D eigenvalue weighted by atomic mass is 10.1. The molecule has 1 unspecified atom stereocenters. The maximum atomic E-state index is 13.6. The Bertz CT molecular complexity index is 1300. The Kier molecular flexibility index (Phi) is 7.55. The lowest BCUT2D eigenvalue weighted by molar-refractivity contribution is -0.118. The molecule has 2 aliphatic rings. The second kappa shape index (κ2) is 10.3. The number of nitrogens with one attached hydrogen (secondary N) is 1. The van der Waals surface area contributed by atoms with E-state index in [1.54, 1.807) is 18.2 Å². The molecule has 2 amide bonds. The van der Waals surface area contributed by atoms with Crippen LogP contribution in [0.25, 0.3) is 0 Å². The van der Waals surface area contributed by atoms with Crippen LogP contribution in [0.5, 0.6) is 0 Å². The molecule has 1 N–H and O–H groups in total. The summed E-state index contributed by atoms with van der Waals surface area (Å²) in [6, 6.07) is 6.64. The first-order valence-corrected chi connectivity index (χ1v) is 13.8. The standard InChI is InChI=1S/C21H20BrCl2N5O5S/c1-35(32,33)34-18-10-17(29(27-18)19-15(24)3-2-8-25-19)21(31)28(22)16-7-6-13(23)9-14(16)20(30)26-11-12-4-5-12/h2-3,6-9,12,17H,4-5,10-11H2,1H3,(H,26,30). The summed E-state index contributed by atoms with van der Waals surface area (Å²) in [5.41, 5.74) is 0.439. The van der Waals surface area contributed by atoms with Gasteiger partial charge >= 0.3 is 10.1 Å². The number of benzene rings is 1. The van der Waals surface area contributed by atoms with Crippen molar-refractivity contribution in [3.05, 3.63) is 52.1 Å². The number of nitrogens with zero attached hydrogens (tertiary/aromatic N) is 4. The third-order valence-electron chi connectivity index (χ3n) is 5.23. The van der Waals surface area contributed by atoms with Crippen LogP contribution in [0.1, 0.15) is 29.6 Å². The van der Waals surface area contributed by atoms with Gasteiger partial charge in [0.1, 0.15) is 6.04 Å². The molecule has 14 heteroatoms. The minimum Gasteiger partial charge on any atom is -0.365 e. The van der Waals surface area contributed by atoms with Crippen molar-refractivity contribution in [2.45, 2.75) is 25.3 Å². The molecule has 1 atom stereocenters. The number of amides is 2. The molecule has 35 heavy (non-hydrogen) atoms. The smallest absolute Gasteiger partial charge is 0.307 e. The Morgan fingerprint density at radius 1 is 1.29 bits per heavy atom. The lowest BCUT2D eigenvalue weighted by Gasteiger charge is -2.26. The molecular weight excluding hydrogens is 585 g/mol. The summed E-state index contributed by atoms with van der Waals surface area (Å²) in [5, 5.41) is 8.73. The van der Waals surface area contributed by atoms with Crippen LogP contribution in [0, 0.1) is 5.92 Å². The highest BCUT2D eigenvalue weighted by Gasteiger charge is 2.40. The third kappa shape index (κ3) is 6.24. The number of hydrogen-bond acceptors (Lipinski definition) is 8. The molecule has 0 bridgehead atoms. The zero-order valence-electron chi connectivity index (χ0n) is 18.3. The summed E-state index contributed by atoms with van der Waals surface area (Å²) in [6.07, 6.45) is 4.28. The highest BCUT2D eigenvalue weighted by molar-refractivity contribution is 9.10. The Morgan fingerprint density at radius 3 is 2.69 bits per heavy atom. The molecule has 1 aromatic heterocycles. The quantitative estimate of drug-likeness (QED) is 0.377. The van der Waals surface area contributed by atoms with E-state index in [4.69, 9.17) is 27.4 Å². The first-order chi connectivity index (χ1) is 16.5. The van der Waals surface area contributed by atoms with E-state index >= 15 is 0 Å². The largest absolute Gasteiger partial charge is 0.365 e. The van der Waals surface area contributed by atoms with Crippen molar-refractivity contribution in [2.24, 2.45) is 11.0 Å². The number of carbonyl (C=O) groups excluding carboxylic acids is 2. The van der Waals surface area contributed by atoms with E-state index in [9.17, 15) is 18.0 Å². The number of hydrogen-bond donors (Lipinski definition) is 1. The molecule has 1 fully saturated rings. The molecule has 1 aliphatic carbocycles. The van der Waals surface area contributed by atoms with Crippen LogP contribution in [-0.2, 0) is 19.1 Å². The molecule has 10 nitrogen and oxygen atoms in total. The van der Waals surface area contributed by atoms with Gasteiger partial charge < -0.3 is 9.50 Å². The summed E-state index contributed by atoms with van der Waals surface area (Å²) in [7, 11) is -3.89. The highest BCUT2D eigenvalue weighted by atomic mass is 79.9. The predicted octanol–water partition coefficient (Wildman–Crippen LogP) is 3.74. The van der Waals surface area contributed by atoms with Gasteiger partial charge in [-0.1, -0.05) is 23.2 Å². The van der Waals surface area contributed by atoms with Gasteiger partial charge in [-0.15, -0.1) is 5.10 Å². The molecular formula is C21H20BrCl2N5O5S. The van der Waals surface area contributed by atoms with Crippen LogP contribution in [0.2, 0.25) is 10.0 Å². The Morgan fingerprint density at radius 2 is 2.03 bits per heavy atom. The molecule has 2 heterocycles. The van der Waals surface area contributed by atoms with Crippen LogP contribution in [-0.4, -0.2) is 50.0 Å². The molecule has 4 rings (SSSR count). The van der Waals surface area contributed by atoms with Gasteiger partial charge in [-0.3, -0.25) is 9.59 Å². The first kappa shape index (κ1) is 25.7. The van der Waals surface area contributed by atoms with Crippen molar-refractivity contribution in [2.75, 3.05) is 21.7 Å². The van der Waals surface area contributed by atoms with Crippen LogP contribution < -0.4 is 14.3 Å². The van der Waals surface area contributed by atoms with Crippen LogP contribution in [0.15, 0.2) is 41.6 Å². The van der Waals surface area contributed by atoms with Crippen molar-refractivity contribution in [1.29, 1.82) is 0 Å². The molecule has 0 radical (unpaired) electrons. The number of halogens is 3. The average molecular weight is 605 g/mol. The number of aromatic nitrogens is 1. The van der Waals surface area contributed by atoms with E-state index in [1.165, 1.54) is 23.3 Å². The normalized spacial score (nSPS) is 17.7. The van der Waals surface area contributed by atoms with Gasteiger partial charge in [0.25, 0.3) is 11.8 Å². The van der Waals surface area contributed by atoms with E-state index in [-0.39, 0.29) is 40.3 Å². The van der Waals surface area contributed by atoms with E-state index in [1.807, 2.05) is 0 Å². The summed E-state index contributed by atoms with van der Waals surface area (Å²) in [4.78, 5) is 30.6. The topological polar surface area (TPSA) is 121 Å². The van der Waals surface area contributed by atoms with Crippen LogP contribution >= 0.6 is 39.3 Å². The van der Waals surface area contributed by atoms with Crippen LogP contribution in [0.3, 0.4) is 0 Å². The number of rotatable bonds is 7. The summed E-state index contributed by atoms with van der Waals surface area (Å²) >= 11 is 15.7. The SMILES string of the molecule is CS(=O)(=O)OC1=NN(c2ncccc2Cl)C(C(=O)N(Br)c2ccc(Cl)cc2C(=O)NCC2CC2)C1. The van der Waals surface area contributed by atoms with E-state index in [0.29, 0.717) is 17.5 Å². The molecule has 1 aliphatic heterocycles. The zero-order chi connectivity index (χ0) is 25.3. The van der Waals surface area contributed by atoms with E-state index in [2.05, 4.69) is 31.5 Å². The van der Waals surface area contributed by atoms with Crippen molar-refractivity contribution in [1.82, 2.24) is 10.3 Å². The number of hydrazone groups is 1. The van der Waals surface area contributed by atoms with Gasteiger partial charge in [0, 0.05) is 17.8 Å². The van der Waals surface area contributed by atoms with Gasteiger partial charge in [-0.05, 0) is 49.1 Å². The van der Waals surface area contributed by atoms with E-state index < -0.39 is 22.1 Å². The van der Waals surface area contributed by atoms with Crippen molar-refractivity contribution >= 4 is 78.7 Å². The molecule has 1 aromatic carbocycles. The average Bonchev–Trinajstić information content (AvgIpc) is 3.54. The zero-order valence-corrected chi connectivity index (χ0v) is 22.2. The minimum absolute atomic E-state index is 0.138. The number of carbonyl (C=O) groups is 2. The Hall–Kier alpha value is -2.41. The number of pyridine rings is 1. The fourth-order valence-corrected chi connectivity index (χ4v) is 4.78. The van der Waals surface area contributed by atoms with E-state index in [0.717, 1.165) is 23.0 Å². The van der Waals surface area contributed by atoms with Gasteiger partial charge in [-0.25, -0.2) is 13.9 Å². The maximum absolute atomic E-state index is 13.6. The Balaban J connectivity index is 1.64. The van der Waals surface area contributed by atoms with Crippen molar-refractivity contribution < 1.29 is 22.2 Å². The summed E-state index contributed by atoms with van der Waals surface area (Å²) in [6.45, 7) is 0.537. The van der Waals surface area contributed by atoms with Gasteiger partial charge in [0.05, 0.1) is 45.1 Å². The van der Waals surface area contributed by atoms with Gasteiger partial charge in [0.2, 0.25) is 5.90 Å². The maximum Gasteiger partial charge on any atom is 0.307 e. The fourth-order valence-electron chi connectivity index (χ4n) is 3.41. The number of anilines is 2. The Labute approximate surface area is 220 Å². The lowest BCUT2D eigenvalue weighted by Crippen LogP contribution is -2.42. The third-order valence-corrected chi connectivity index (χ3v) is 6.98. The molecule has 2 aromatic rings. The molecule has 0 saturated heterocycles. The summed E-state index contributed by atoms with van der Waals surface area (Å²) < 4.78 is 29.4. The summed E-state index contributed by atoms with van der Waals surface area (Å²) in [5.74, 6) is -0.545. The van der Waals surface area contributed by atoms with Crippen molar-refractivity contribution in [3.8, 4) is 0 Å².